The molecule has 0 saturated carbocycles. The van der Waals surface area contributed by atoms with E-state index < -0.39 is 16.6 Å². The molecule has 1 aliphatic heterocycles. The van der Waals surface area contributed by atoms with Gasteiger partial charge in [-0.15, -0.1) is 0 Å². The molecule has 2 nitrogen and oxygen atoms in total. The van der Waals surface area contributed by atoms with E-state index in [2.05, 4.69) is 53.9 Å². The molecule has 1 heterocycles. The standard InChI is InChI=1S/C12H28O2Si2/c1-10(2)13-15(5,6)9-12(4)11(3)14-16(12,7)8/h10-11H,9H2,1-8H3/t11-,12-/m0/s1. The molecule has 1 saturated heterocycles. The van der Waals surface area contributed by atoms with E-state index in [0.29, 0.717) is 17.2 Å². The van der Waals surface area contributed by atoms with Crippen LogP contribution in [0, 0.1) is 0 Å². The summed E-state index contributed by atoms with van der Waals surface area (Å²) in [5, 5.41) is 0.400. The van der Waals surface area contributed by atoms with E-state index in [1.54, 1.807) is 0 Å². The third-order valence-corrected chi connectivity index (χ3v) is 11.4. The second kappa shape index (κ2) is 4.23. The third-order valence-electron chi connectivity index (χ3n) is 4.09. The van der Waals surface area contributed by atoms with E-state index in [4.69, 9.17) is 8.85 Å². The third kappa shape index (κ3) is 2.60. The highest BCUT2D eigenvalue weighted by atomic mass is 28.4. The van der Waals surface area contributed by atoms with Crippen LogP contribution in [0.1, 0.15) is 27.7 Å². The average molecular weight is 261 g/mol. The van der Waals surface area contributed by atoms with E-state index >= 15 is 0 Å². The summed E-state index contributed by atoms with van der Waals surface area (Å²) >= 11 is 0. The fourth-order valence-electron chi connectivity index (χ4n) is 3.06. The molecule has 0 aromatic carbocycles. The van der Waals surface area contributed by atoms with Crippen LogP contribution in [0.2, 0.25) is 37.3 Å². The van der Waals surface area contributed by atoms with Crippen LogP contribution in [0.3, 0.4) is 0 Å². The van der Waals surface area contributed by atoms with Crippen molar-refractivity contribution >= 4 is 16.6 Å². The van der Waals surface area contributed by atoms with Gasteiger partial charge in [0.1, 0.15) is 0 Å². The van der Waals surface area contributed by atoms with Gasteiger partial charge in [0, 0.05) is 17.2 Å². The lowest BCUT2D eigenvalue weighted by Crippen LogP contribution is -2.64. The summed E-state index contributed by atoms with van der Waals surface area (Å²) in [5.41, 5.74) is 0. The molecule has 0 bridgehead atoms. The van der Waals surface area contributed by atoms with Crippen molar-refractivity contribution in [1.82, 2.24) is 0 Å². The highest BCUT2D eigenvalue weighted by Gasteiger charge is 2.60. The van der Waals surface area contributed by atoms with Crippen LogP contribution in [0.15, 0.2) is 0 Å². The van der Waals surface area contributed by atoms with Crippen LogP contribution in [-0.2, 0) is 8.85 Å². The van der Waals surface area contributed by atoms with Crippen LogP contribution >= 0.6 is 0 Å². The Labute approximate surface area is 103 Å². The Balaban J connectivity index is 2.72. The van der Waals surface area contributed by atoms with E-state index in [1.165, 1.54) is 6.04 Å². The number of rotatable bonds is 4. The van der Waals surface area contributed by atoms with Crippen molar-refractivity contribution in [1.29, 1.82) is 0 Å². The van der Waals surface area contributed by atoms with Crippen molar-refractivity contribution in [3.63, 3.8) is 0 Å². The first-order valence-corrected chi connectivity index (χ1v) is 12.4. The second-order valence-electron chi connectivity index (χ2n) is 6.79. The molecule has 0 N–H and O–H groups in total. The molecule has 0 amide bonds. The highest BCUT2D eigenvalue weighted by Crippen LogP contribution is 2.58. The Morgan fingerprint density at radius 3 is 2.19 bits per heavy atom. The van der Waals surface area contributed by atoms with Gasteiger partial charge in [0.05, 0.1) is 0 Å². The van der Waals surface area contributed by atoms with Crippen LogP contribution in [0.25, 0.3) is 0 Å². The first-order chi connectivity index (χ1) is 7.00. The zero-order valence-corrected chi connectivity index (χ0v) is 14.2. The quantitative estimate of drug-likeness (QED) is 0.711. The second-order valence-corrected chi connectivity index (χ2v) is 15.3. The largest absolute Gasteiger partial charge is 0.415 e. The lowest BCUT2D eigenvalue weighted by molar-refractivity contribution is 0.0683. The smallest absolute Gasteiger partial charge is 0.195 e. The van der Waals surface area contributed by atoms with Crippen molar-refractivity contribution in [2.45, 2.75) is 77.2 Å². The molecule has 96 valence electrons. The Morgan fingerprint density at radius 1 is 1.38 bits per heavy atom. The zero-order valence-electron chi connectivity index (χ0n) is 12.2. The summed E-state index contributed by atoms with van der Waals surface area (Å²) in [4.78, 5) is 0. The van der Waals surface area contributed by atoms with E-state index in [9.17, 15) is 0 Å². The maximum Gasteiger partial charge on any atom is 0.195 e. The van der Waals surface area contributed by atoms with Gasteiger partial charge in [0.15, 0.2) is 16.6 Å². The van der Waals surface area contributed by atoms with Gasteiger partial charge in [-0.3, -0.25) is 0 Å². The molecule has 1 rings (SSSR count). The van der Waals surface area contributed by atoms with Crippen molar-refractivity contribution in [2.24, 2.45) is 0 Å². The normalized spacial score (nSPS) is 33.9. The van der Waals surface area contributed by atoms with Crippen LogP contribution in [0.4, 0.5) is 0 Å². The van der Waals surface area contributed by atoms with Gasteiger partial charge < -0.3 is 8.85 Å². The van der Waals surface area contributed by atoms with Crippen LogP contribution in [0.5, 0.6) is 0 Å². The van der Waals surface area contributed by atoms with Gasteiger partial charge in [-0.05, 0) is 53.0 Å². The van der Waals surface area contributed by atoms with Crippen molar-refractivity contribution < 1.29 is 8.85 Å². The predicted octanol–water partition coefficient (Wildman–Crippen LogP) is 4.00. The average Bonchev–Trinajstić information content (AvgIpc) is 1.99. The molecule has 16 heavy (non-hydrogen) atoms. The summed E-state index contributed by atoms with van der Waals surface area (Å²) in [5.74, 6) is 0. The summed E-state index contributed by atoms with van der Waals surface area (Å²) in [6.45, 7) is 18.3. The maximum atomic E-state index is 6.16. The molecule has 0 aromatic heterocycles. The van der Waals surface area contributed by atoms with Gasteiger partial charge in [-0.1, -0.05) is 6.92 Å². The monoisotopic (exact) mass is 260 g/mol. The molecule has 1 fully saturated rings. The van der Waals surface area contributed by atoms with E-state index in [0.717, 1.165) is 0 Å². The molecule has 4 heteroatoms. The van der Waals surface area contributed by atoms with Gasteiger partial charge in [0.25, 0.3) is 0 Å². The van der Waals surface area contributed by atoms with Gasteiger partial charge in [0.2, 0.25) is 0 Å². The number of hydrogen-bond donors (Lipinski definition) is 0. The molecule has 2 atom stereocenters. The zero-order chi connectivity index (χ0) is 12.8. The fourth-order valence-corrected chi connectivity index (χ4v) is 11.7. The molecule has 0 aliphatic carbocycles. The molecule has 0 unspecified atom stereocenters. The minimum Gasteiger partial charge on any atom is -0.415 e. The Bertz CT molecular complexity index is 264. The predicted molar refractivity (Wildman–Crippen MR) is 74.9 cm³/mol. The first-order valence-electron chi connectivity index (χ1n) is 6.36. The van der Waals surface area contributed by atoms with Crippen molar-refractivity contribution in [3.8, 4) is 0 Å². The van der Waals surface area contributed by atoms with E-state index in [1.807, 2.05) is 0 Å². The Hall–Kier alpha value is 0.354. The van der Waals surface area contributed by atoms with Gasteiger partial charge in [-0.25, -0.2) is 0 Å². The van der Waals surface area contributed by atoms with Crippen LogP contribution < -0.4 is 0 Å². The van der Waals surface area contributed by atoms with Crippen LogP contribution in [-0.4, -0.2) is 28.8 Å². The molecule has 0 aromatic rings. The van der Waals surface area contributed by atoms with Gasteiger partial charge in [-0.2, -0.15) is 0 Å². The topological polar surface area (TPSA) is 18.5 Å². The summed E-state index contributed by atoms with van der Waals surface area (Å²) in [7, 11) is -3.02. The van der Waals surface area contributed by atoms with Gasteiger partial charge >= 0.3 is 0 Å². The number of hydrogen-bond acceptors (Lipinski definition) is 2. The molecule has 1 aliphatic rings. The van der Waals surface area contributed by atoms with Crippen molar-refractivity contribution in [2.75, 3.05) is 0 Å². The minimum atomic E-state index is -1.55. The maximum absolute atomic E-state index is 6.16. The molecular weight excluding hydrogens is 232 g/mol. The lowest BCUT2D eigenvalue weighted by Gasteiger charge is -2.59. The summed E-state index contributed by atoms with van der Waals surface area (Å²) in [6, 6.07) is 1.23. The fraction of sp³-hybridized carbons (Fsp3) is 1.00. The summed E-state index contributed by atoms with van der Waals surface area (Å²) in [6.07, 6.45) is 0.767. The minimum absolute atomic E-state index is 0.353. The van der Waals surface area contributed by atoms with Crippen molar-refractivity contribution in [3.05, 3.63) is 0 Å². The SMILES string of the molecule is CC(C)O[Si](C)(C)C[C@@]1(C)[C@H](C)O[Si]1(C)C. The lowest BCUT2D eigenvalue weighted by atomic mass is 10.1. The molecule has 0 spiro atoms. The highest BCUT2D eigenvalue weighted by molar-refractivity contribution is 6.81. The molecular formula is C12H28O2Si2. The Morgan fingerprint density at radius 2 is 1.88 bits per heavy atom. The first kappa shape index (κ1) is 14.4. The van der Waals surface area contributed by atoms with E-state index in [-0.39, 0.29) is 0 Å². The Kier molecular flexibility index (Phi) is 3.81. The summed E-state index contributed by atoms with van der Waals surface area (Å²) < 4.78 is 12.2. The molecule has 0 radical (unpaired) electrons.